The number of piperidine rings is 1. The van der Waals surface area contributed by atoms with Crippen molar-refractivity contribution in [2.75, 3.05) is 13.1 Å². The molecule has 9 N–H and O–H groups in total. The molecule has 1 saturated heterocycles. The first-order chi connectivity index (χ1) is 57.1. The van der Waals surface area contributed by atoms with Gasteiger partial charge in [0.1, 0.15) is 5.82 Å². The Labute approximate surface area is 733 Å². The van der Waals surface area contributed by atoms with Crippen LogP contribution in [0.1, 0.15) is 285 Å². The lowest BCUT2D eigenvalue weighted by Crippen LogP contribution is -2.36. The van der Waals surface area contributed by atoms with Gasteiger partial charge in [-0.3, -0.25) is 9.78 Å². The second-order valence-electron chi connectivity index (χ2n) is 42.5. The van der Waals surface area contributed by atoms with E-state index in [1.54, 1.807) is 6.07 Å². The Bertz CT molecular complexity index is 6180. The number of nitrogens with zero attached hydrogens (tertiary/aromatic N) is 1. The van der Waals surface area contributed by atoms with Crippen LogP contribution in [0, 0.1) is 12.7 Å². The molecule has 0 atom stereocenters. The number of hydrogen-bond donors (Lipinski definition) is 9. The molecule has 1 amide bonds. The van der Waals surface area contributed by atoms with Crippen molar-refractivity contribution in [3.05, 3.63) is 281 Å². The van der Waals surface area contributed by atoms with Crippen molar-refractivity contribution in [2.45, 2.75) is 275 Å². The minimum Gasteiger partial charge on any atom is -0.408 e. The van der Waals surface area contributed by atoms with Gasteiger partial charge in [0.15, 0.2) is 5.58 Å². The van der Waals surface area contributed by atoms with Crippen molar-refractivity contribution in [1.29, 1.82) is 0 Å². The van der Waals surface area contributed by atoms with Gasteiger partial charge in [0, 0.05) is 116 Å². The molecular weight excluding hydrogens is 1540 g/mol. The Morgan fingerprint density at radius 3 is 1.28 bits per heavy atom. The van der Waals surface area contributed by atoms with E-state index < -0.39 is 5.76 Å². The number of carbonyl (C=O) groups excluding carboxylic acids is 1. The molecule has 1 aliphatic rings. The van der Waals surface area contributed by atoms with Gasteiger partial charge in [-0.05, 0) is 275 Å². The van der Waals surface area contributed by atoms with Crippen LogP contribution < -0.4 is 11.4 Å². The topological polar surface area (TPSA) is 210 Å². The fraction of sp³-hybridized carbons (Fsp3) is 0.411. The Balaban J connectivity index is 0.000000148. The average molecular weight is 1680 g/mol. The van der Waals surface area contributed by atoms with E-state index in [1.165, 1.54) is 89.0 Å². The number of rotatable bonds is 2. The van der Waals surface area contributed by atoms with Gasteiger partial charge in [0.25, 0.3) is 5.91 Å². The van der Waals surface area contributed by atoms with Crippen LogP contribution in [0.15, 0.2) is 197 Å². The number of carbonyl (C=O) groups is 1. The molecule has 0 aliphatic carbocycles. The molecule has 9 heterocycles. The minimum absolute atomic E-state index is 0.0416. The molecule has 8 aromatic carbocycles. The van der Waals surface area contributed by atoms with Gasteiger partial charge in [-0.1, -0.05) is 230 Å². The summed E-state index contributed by atoms with van der Waals surface area (Å²) in [6, 6.07) is 49.6. The lowest BCUT2D eigenvalue weighted by molar-refractivity contribution is 0.0722. The quantitative estimate of drug-likeness (QED) is 0.0827. The number of aryl methyl sites for hydroxylation is 2. The van der Waals surface area contributed by atoms with E-state index in [0.717, 1.165) is 104 Å². The standard InChI is InChI=1S/C18H24N2O.C16H23N.C14H19N.C13H17N.C12H14ClN.C12H14FN.C11H14N2O.C11H13NO2/c1-18(2,3)15-12-16-13(7-8-19-16)11-14(15)17(21)20-9-5-4-6-10-20;1-15(2,3)12-9-11-7-8-17-14(11)10-13(12)16(4,5)6;1-5-10-8-11-6-7-15-13(11)9-12(10)14(2,3)4;1-9-8-14-11-7-5-6-10(12(9)11)13(2,3)4;2*1-12(2,3)9-7-11-8(4-5-14-11)6-10(9)13;1-11(2,3)7-4-5-8-9(6-7)13-10(14)12-8;1-11(2,3)7-4-5-8-9(6-7)14-10(13)12-8/h7-8,11-12,19H,4-6,9-10H2,1-3H3;7-10,17H,1-6H3;6-9,15H,5H2,1-4H3;5-8,14H,1-4H3;2*4-7,14H,1-3H3;4-6H,1-3H3,(H2,12,13,14);4-6H,1-3H3,(H,12,13). The number of aromatic nitrogens is 9. The number of nitrogens with one attached hydrogen (secondary N) is 9. The van der Waals surface area contributed by atoms with Crippen LogP contribution in [0.5, 0.6) is 0 Å². The fourth-order valence-electron chi connectivity index (χ4n) is 15.8. The molecule has 0 bridgehead atoms. The van der Waals surface area contributed by atoms with Crippen molar-refractivity contribution < 1.29 is 13.6 Å². The number of hydrogen-bond acceptors (Lipinski definition) is 4. The van der Waals surface area contributed by atoms with Crippen molar-refractivity contribution in [3.63, 3.8) is 0 Å². The first-order valence-electron chi connectivity index (χ1n) is 43.7. The molecule has 8 aromatic heterocycles. The lowest BCUT2D eigenvalue weighted by atomic mass is 9.75. The highest BCUT2D eigenvalue weighted by Crippen LogP contribution is 2.40. The van der Waals surface area contributed by atoms with Crippen molar-refractivity contribution in [2.24, 2.45) is 0 Å². The fourth-order valence-corrected chi connectivity index (χ4v) is 16.3. The summed E-state index contributed by atoms with van der Waals surface area (Å²) in [6.45, 7) is 65.4. The van der Waals surface area contributed by atoms with E-state index >= 15 is 0 Å². The minimum atomic E-state index is -0.397. The predicted octanol–water partition coefficient (Wildman–Crippen LogP) is 29.0. The summed E-state index contributed by atoms with van der Waals surface area (Å²) < 4.78 is 18.7. The van der Waals surface area contributed by atoms with Gasteiger partial charge in [0.2, 0.25) is 0 Å². The molecular formula is C107H138ClFN10O4. The van der Waals surface area contributed by atoms with E-state index in [2.05, 4.69) is 304 Å². The highest BCUT2D eigenvalue weighted by Gasteiger charge is 2.30. The summed E-state index contributed by atoms with van der Waals surface area (Å²) in [7, 11) is 0. The predicted molar refractivity (Wildman–Crippen MR) is 523 cm³/mol. The van der Waals surface area contributed by atoms with Gasteiger partial charge < -0.3 is 49.2 Å². The Morgan fingerprint density at radius 1 is 0.382 bits per heavy atom. The van der Waals surface area contributed by atoms with Gasteiger partial charge >= 0.3 is 11.4 Å². The van der Waals surface area contributed by atoms with E-state index in [-0.39, 0.29) is 66.1 Å². The summed E-state index contributed by atoms with van der Waals surface area (Å²) in [6.07, 6.45) is 16.4. The van der Waals surface area contributed by atoms with Gasteiger partial charge in [-0.2, -0.15) is 0 Å². The highest BCUT2D eigenvalue weighted by atomic mass is 35.5. The number of aromatic amines is 9. The number of amides is 1. The second kappa shape index (κ2) is 37.0. The monoisotopic (exact) mass is 1680 g/mol. The van der Waals surface area contributed by atoms with Crippen LogP contribution in [-0.4, -0.2) is 68.8 Å². The number of halogens is 2. The molecule has 123 heavy (non-hydrogen) atoms. The normalized spacial score (nSPS) is 13.1. The average Bonchev–Trinajstić information content (AvgIpc) is 1.72. The summed E-state index contributed by atoms with van der Waals surface area (Å²) >= 11 is 6.23. The summed E-state index contributed by atoms with van der Waals surface area (Å²) in [5.41, 5.74) is 25.8. The zero-order valence-corrected chi connectivity index (χ0v) is 79.7. The van der Waals surface area contributed by atoms with Gasteiger partial charge in [-0.25, -0.2) is 14.0 Å². The smallest absolute Gasteiger partial charge is 0.408 e. The molecule has 17 rings (SSSR count). The lowest BCUT2D eigenvalue weighted by Gasteiger charge is -2.30. The molecule has 16 heteroatoms. The molecule has 0 unspecified atom stereocenters. The van der Waals surface area contributed by atoms with Crippen LogP contribution in [0.25, 0.3) is 87.6 Å². The number of imidazole rings is 1. The number of benzene rings is 8. The van der Waals surface area contributed by atoms with Crippen molar-refractivity contribution >= 4 is 105 Å². The summed E-state index contributed by atoms with van der Waals surface area (Å²) in [5, 5.41) is 8.08. The Kier molecular flexibility index (Phi) is 28.4. The van der Waals surface area contributed by atoms with Gasteiger partial charge in [-0.15, -0.1) is 0 Å². The first kappa shape index (κ1) is 94.5. The number of H-pyrrole nitrogens is 9. The zero-order chi connectivity index (χ0) is 90.7. The first-order valence-corrected chi connectivity index (χ1v) is 44.1. The molecule has 1 aliphatic heterocycles. The molecule has 16 aromatic rings. The van der Waals surface area contributed by atoms with Crippen LogP contribution in [0.2, 0.25) is 5.02 Å². The summed E-state index contributed by atoms with van der Waals surface area (Å²) in [5.74, 6) is -0.321. The van der Waals surface area contributed by atoms with Crippen LogP contribution in [0.4, 0.5) is 4.39 Å². The second-order valence-corrected chi connectivity index (χ2v) is 42.9. The maximum atomic E-state index is 13.7. The number of fused-ring (bicyclic) bond motifs is 8. The Morgan fingerprint density at radius 2 is 0.797 bits per heavy atom. The molecule has 654 valence electrons. The van der Waals surface area contributed by atoms with E-state index in [9.17, 15) is 18.8 Å². The third kappa shape index (κ3) is 23.8. The largest absolute Gasteiger partial charge is 0.417 e. The molecule has 0 saturated carbocycles. The molecule has 0 radical (unpaired) electrons. The SMILES string of the molecule is CC(C)(C)c1cc2[nH]ccc2cc1C(=O)N1CCCCC1.CC(C)(C)c1cc2[nH]ccc2cc1Cl.CC(C)(C)c1cc2[nH]ccc2cc1F.CC(C)(C)c1cc2cc[nH]c2cc1C(C)(C)C.CC(C)(C)c1ccc2[nH]c(=O)[nH]c2c1.CC(C)(C)c1ccc2[nH]c(=O)oc2c1.CCc1cc2cc[nH]c2cc1C(C)(C)C.Cc1c[nH]c2cccc(C(C)(C)C)c12. The van der Waals surface area contributed by atoms with Crippen molar-refractivity contribution in [3.8, 4) is 0 Å². The third-order valence-electron chi connectivity index (χ3n) is 22.9. The van der Waals surface area contributed by atoms with Gasteiger partial charge in [0.05, 0.1) is 16.6 Å². The Hall–Kier alpha value is -10.8. The maximum Gasteiger partial charge on any atom is 0.417 e. The maximum absolute atomic E-state index is 13.7. The van der Waals surface area contributed by atoms with E-state index in [0.29, 0.717) is 5.58 Å². The molecule has 0 spiro atoms. The zero-order valence-electron chi connectivity index (χ0n) is 78.9. The van der Waals surface area contributed by atoms with Crippen LogP contribution in [-0.2, 0) is 55.2 Å². The molecule has 14 nitrogen and oxygen atoms in total. The number of oxazole rings is 1. The van der Waals surface area contributed by atoms with E-state index in [4.69, 9.17) is 16.0 Å². The number of likely N-dealkylation sites (tertiary alicyclic amines) is 1. The van der Waals surface area contributed by atoms with Crippen LogP contribution >= 0.6 is 11.6 Å². The van der Waals surface area contributed by atoms with E-state index in [1.807, 2.05) is 123 Å². The molecule has 1 fully saturated rings. The third-order valence-corrected chi connectivity index (χ3v) is 23.2. The highest BCUT2D eigenvalue weighted by molar-refractivity contribution is 6.32. The van der Waals surface area contributed by atoms with Crippen LogP contribution in [0.3, 0.4) is 0 Å². The van der Waals surface area contributed by atoms with Crippen molar-refractivity contribution in [1.82, 2.24) is 49.8 Å². The summed E-state index contributed by atoms with van der Waals surface area (Å²) in [4.78, 5) is 64.5.